The van der Waals surface area contributed by atoms with Gasteiger partial charge in [-0.3, -0.25) is 4.90 Å². The summed E-state index contributed by atoms with van der Waals surface area (Å²) in [6.07, 6.45) is 0.732. The van der Waals surface area contributed by atoms with Crippen LogP contribution in [-0.4, -0.2) is 50.3 Å². The zero-order valence-corrected chi connectivity index (χ0v) is 16.4. The Labute approximate surface area is 169 Å². The van der Waals surface area contributed by atoms with Crippen molar-refractivity contribution in [1.82, 2.24) is 15.5 Å². The number of hydrogen-bond acceptors (Lipinski definition) is 3. The van der Waals surface area contributed by atoms with Crippen LogP contribution < -0.4 is 10.6 Å². The number of amides is 2. The molecule has 1 heterocycles. The highest BCUT2D eigenvalue weighted by molar-refractivity contribution is 6.30. The molecule has 2 amide bonds. The van der Waals surface area contributed by atoms with E-state index < -0.39 is 0 Å². The number of ether oxygens (including phenoxy) is 1. The van der Waals surface area contributed by atoms with Crippen molar-refractivity contribution in [2.75, 3.05) is 39.4 Å². The van der Waals surface area contributed by atoms with E-state index in [4.69, 9.17) is 16.3 Å². The fourth-order valence-corrected chi connectivity index (χ4v) is 3.38. The number of halogens is 2. The average Bonchev–Trinajstić information content (AvgIpc) is 2.72. The van der Waals surface area contributed by atoms with Crippen LogP contribution >= 0.6 is 11.6 Å². The molecular formula is C21H25ClFN3O2. The maximum atomic E-state index is 13.3. The van der Waals surface area contributed by atoms with Gasteiger partial charge >= 0.3 is 6.03 Å². The number of rotatable bonds is 7. The molecule has 2 N–H and O–H groups in total. The van der Waals surface area contributed by atoms with Crippen molar-refractivity contribution < 1.29 is 13.9 Å². The maximum Gasteiger partial charge on any atom is 0.314 e. The van der Waals surface area contributed by atoms with Gasteiger partial charge in [0, 0.05) is 31.2 Å². The first-order chi connectivity index (χ1) is 13.6. The van der Waals surface area contributed by atoms with Crippen LogP contribution in [0.1, 0.15) is 17.2 Å². The molecule has 5 nitrogen and oxygen atoms in total. The largest absolute Gasteiger partial charge is 0.379 e. The molecule has 1 aliphatic rings. The number of urea groups is 1. The van der Waals surface area contributed by atoms with Gasteiger partial charge < -0.3 is 15.4 Å². The van der Waals surface area contributed by atoms with Crippen molar-refractivity contribution in [2.45, 2.75) is 12.5 Å². The summed E-state index contributed by atoms with van der Waals surface area (Å²) in [6.45, 7) is 3.85. The number of nitrogens with zero attached hydrogens (tertiary/aromatic N) is 1. The SMILES string of the molecule is O=C(NCCc1ccc(Cl)cc1)NC[C@@H](c1ccc(F)cc1)N1CCOCC1. The Morgan fingerprint density at radius 1 is 1.07 bits per heavy atom. The smallest absolute Gasteiger partial charge is 0.314 e. The summed E-state index contributed by atoms with van der Waals surface area (Å²) in [5, 5.41) is 6.52. The molecular weight excluding hydrogens is 381 g/mol. The Hall–Kier alpha value is -2.15. The number of morpholine rings is 1. The van der Waals surface area contributed by atoms with Gasteiger partial charge in [-0.25, -0.2) is 9.18 Å². The molecule has 150 valence electrons. The van der Waals surface area contributed by atoms with Gasteiger partial charge in [-0.2, -0.15) is 0 Å². The van der Waals surface area contributed by atoms with Crippen molar-refractivity contribution in [3.63, 3.8) is 0 Å². The third-order valence-electron chi connectivity index (χ3n) is 4.81. The normalized spacial score (nSPS) is 15.8. The molecule has 1 atom stereocenters. The highest BCUT2D eigenvalue weighted by Crippen LogP contribution is 2.21. The Balaban J connectivity index is 1.51. The van der Waals surface area contributed by atoms with Crippen molar-refractivity contribution >= 4 is 17.6 Å². The molecule has 7 heteroatoms. The van der Waals surface area contributed by atoms with E-state index in [-0.39, 0.29) is 17.9 Å². The van der Waals surface area contributed by atoms with Crippen LogP contribution in [0.4, 0.5) is 9.18 Å². The molecule has 0 aromatic heterocycles. The summed E-state index contributed by atoms with van der Waals surface area (Å²) in [4.78, 5) is 14.5. The third-order valence-corrected chi connectivity index (χ3v) is 5.06. The van der Waals surface area contributed by atoms with E-state index >= 15 is 0 Å². The van der Waals surface area contributed by atoms with Crippen molar-refractivity contribution in [3.8, 4) is 0 Å². The van der Waals surface area contributed by atoms with Gasteiger partial charge in [0.15, 0.2) is 0 Å². The summed E-state index contributed by atoms with van der Waals surface area (Å²) in [5.74, 6) is -0.266. The topological polar surface area (TPSA) is 53.6 Å². The lowest BCUT2D eigenvalue weighted by Crippen LogP contribution is -2.46. The Morgan fingerprint density at radius 2 is 1.75 bits per heavy atom. The van der Waals surface area contributed by atoms with Gasteiger partial charge in [0.25, 0.3) is 0 Å². The van der Waals surface area contributed by atoms with Gasteiger partial charge in [0.1, 0.15) is 5.82 Å². The van der Waals surface area contributed by atoms with E-state index in [1.165, 1.54) is 12.1 Å². The molecule has 0 aliphatic carbocycles. The fraction of sp³-hybridized carbons (Fsp3) is 0.381. The van der Waals surface area contributed by atoms with Crippen LogP contribution in [0.25, 0.3) is 0 Å². The molecule has 0 saturated carbocycles. The second-order valence-corrected chi connectivity index (χ2v) is 7.17. The number of hydrogen-bond donors (Lipinski definition) is 2. The molecule has 28 heavy (non-hydrogen) atoms. The van der Waals surface area contributed by atoms with E-state index in [9.17, 15) is 9.18 Å². The van der Waals surface area contributed by atoms with Crippen molar-refractivity contribution in [1.29, 1.82) is 0 Å². The molecule has 0 spiro atoms. The standard InChI is InChI=1S/C21H25ClFN3O2/c22-18-5-1-16(2-6-18)9-10-24-21(27)25-15-20(26-11-13-28-14-12-26)17-3-7-19(23)8-4-17/h1-8,20H,9-15H2,(H2,24,25,27)/t20-/m0/s1. The van der Waals surface area contributed by atoms with E-state index in [0.717, 1.165) is 30.6 Å². The van der Waals surface area contributed by atoms with Crippen LogP contribution in [-0.2, 0) is 11.2 Å². The quantitative estimate of drug-likeness (QED) is 0.742. The van der Waals surface area contributed by atoms with Gasteiger partial charge in [-0.1, -0.05) is 35.9 Å². The van der Waals surface area contributed by atoms with E-state index in [2.05, 4.69) is 15.5 Å². The number of nitrogens with one attached hydrogen (secondary N) is 2. The van der Waals surface area contributed by atoms with Crippen LogP contribution in [0.3, 0.4) is 0 Å². The zero-order chi connectivity index (χ0) is 19.8. The molecule has 2 aromatic carbocycles. The second-order valence-electron chi connectivity index (χ2n) is 6.73. The van der Waals surface area contributed by atoms with Crippen LogP contribution in [0.5, 0.6) is 0 Å². The second kappa shape index (κ2) is 10.4. The minimum Gasteiger partial charge on any atom is -0.379 e. The fourth-order valence-electron chi connectivity index (χ4n) is 3.26. The average molecular weight is 406 g/mol. The molecule has 3 rings (SSSR count). The highest BCUT2D eigenvalue weighted by Gasteiger charge is 2.23. The Bertz CT molecular complexity index is 749. The van der Waals surface area contributed by atoms with Crippen LogP contribution in [0.15, 0.2) is 48.5 Å². The summed E-state index contributed by atoms with van der Waals surface area (Å²) in [6, 6.07) is 13.8. The van der Waals surface area contributed by atoms with E-state index in [0.29, 0.717) is 31.3 Å². The summed E-state index contributed by atoms with van der Waals surface area (Å²) in [7, 11) is 0. The first kappa shape index (κ1) is 20.6. The predicted molar refractivity (Wildman–Crippen MR) is 108 cm³/mol. The lowest BCUT2D eigenvalue weighted by molar-refractivity contribution is 0.0167. The third kappa shape index (κ3) is 6.19. The molecule has 1 fully saturated rings. The number of carbonyl (C=O) groups is 1. The highest BCUT2D eigenvalue weighted by atomic mass is 35.5. The summed E-state index contributed by atoms with van der Waals surface area (Å²) >= 11 is 5.88. The molecule has 1 aliphatic heterocycles. The first-order valence-electron chi connectivity index (χ1n) is 9.45. The number of benzene rings is 2. The first-order valence-corrected chi connectivity index (χ1v) is 9.83. The van der Waals surface area contributed by atoms with E-state index in [1.807, 2.05) is 24.3 Å². The van der Waals surface area contributed by atoms with E-state index in [1.54, 1.807) is 12.1 Å². The maximum absolute atomic E-state index is 13.3. The van der Waals surface area contributed by atoms with Crippen LogP contribution in [0.2, 0.25) is 5.02 Å². The lowest BCUT2D eigenvalue weighted by Gasteiger charge is -2.35. The Morgan fingerprint density at radius 3 is 2.43 bits per heavy atom. The molecule has 0 bridgehead atoms. The zero-order valence-electron chi connectivity index (χ0n) is 15.7. The van der Waals surface area contributed by atoms with Gasteiger partial charge in [-0.05, 0) is 41.8 Å². The van der Waals surface area contributed by atoms with Crippen molar-refractivity contribution in [2.24, 2.45) is 0 Å². The van der Waals surface area contributed by atoms with Gasteiger partial charge in [0.05, 0.1) is 19.3 Å². The molecule has 2 aromatic rings. The molecule has 0 unspecified atom stereocenters. The molecule has 1 saturated heterocycles. The Kier molecular flexibility index (Phi) is 7.65. The number of carbonyl (C=O) groups excluding carboxylic acids is 1. The van der Waals surface area contributed by atoms with Gasteiger partial charge in [0.2, 0.25) is 0 Å². The van der Waals surface area contributed by atoms with Gasteiger partial charge in [-0.15, -0.1) is 0 Å². The predicted octanol–water partition coefficient (Wildman–Crippen LogP) is 3.39. The minimum atomic E-state index is -0.266. The van der Waals surface area contributed by atoms with Crippen molar-refractivity contribution in [3.05, 3.63) is 70.5 Å². The lowest BCUT2D eigenvalue weighted by atomic mass is 10.0. The molecule has 0 radical (unpaired) electrons. The summed E-state index contributed by atoms with van der Waals surface area (Å²) in [5.41, 5.74) is 2.09. The van der Waals surface area contributed by atoms with Crippen LogP contribution in [0, 0.1) is 5.82 Å². The minimum absolute atomic E-state index is 0.0217. The summed E-state index contributed by atoms with van der Waals surface area (Å²) < 4.78 is 18.7. The monoisotopic (exact) mass is 405 g/mol.